The molecule has 1 rings (SSSR count). The van der Waals surface area contributed by atoms with Crippen LogP contribution in [0.3, 0.4) is 0 Å². The number of carbonyl (C=O) groups excluding carboxylic acids is 1. The molecule has 0 N–H and O–H groups in total. The molecule has 3 heteroatoms. The molecule has 0 radical (unpaired) electrons. The Hall–Kier alpha value is -0.570. The van der Waals surface area contributed by atoms with Crippen molar-refractivity contribution < 1.29 is 4.79 Å². The summed E-state index contributed by atoms with van der Waals surface area (Å²) in [5, 5.41) is 0. The minimum absolute atomic E-state index is 0.323. The second-order valence-corrected chi connectivity index (χ2v) is 4.84. The van der Waals surface area contributed by atoms with Crippen molar-refractivity contribution in [1.82, 2.24) is 9.80 Å². The van der Waals surface area contributed by atoms with Crippen molar-refractivity contribution in [2.45, 2.75) is 32.7 Å². The van der Waals surface area contributed by atoms with Crippen molar-refractivity contribution in [2.24, 2.45) is 5.92 Å². The summed E-state index contributed by atoms with van der Waals surface area (Å²) in [4.78, 5) is 15.9. The van der Waals surface area contributed by atoms with E-state index in [-0.39, 0.29) is 0 Å². The molecule has 3 nitrogen and oxygen atoms in total. The summed E-state index contributed by atoms with van der Waals surface area (Å²) in [6.07, 6.45) is 1.81. The molecule has 1 saturated heterocycles. The molecule has 1 amide bonds. The van der Waals surface area contributed by atoms with Crippen LogP contribution in [0.5, 0.6) is 0 Å². The van der Waals surface area contributed by atoms with Gasteiger partial charge in [0.2, 0.25) is 5.91 Å². The van der Waals surface area contributed by atoms with E-state index in [2.05, 4.69) is 32.8 Å². The van der Waals surface area contributed by atoms with Gasteiger partial charge in [-0.1, -0.05) is 13.8 Å². The highest BCUT2D eigenvalue weighted by Crippen LogP contribution is 2.16. The highest BCUT2D eigenvalue weighted by molar-refractivity contribution is 5.77. The Morgan fingerprint density at radius 1 is 1.50 bits per heavy atom. The van der Waals surface area contributed by atoms with Gasteiger partial charge in [0.1, 0.15) is 0 Å². The number of piperidine rings is 1. The van der Waals surface area contributed by atoms with Gasteiger partial charge in [0.15, 0.2) is 0 Å². The minimum Gasteiger partial charge on any atom is -0.342 e. The van der Waals surface area contributed by atoms with Crippen molar-refractivity contribution >= 4 is 5.91 Å². The molecule has 1 heterocycles. The fourth-order valence-corrected chi connectivity index (χ4v) is 1.94. The predicted octanol–water partition coefficient (Wildman–Crippen LogP) is 1.20. The normalized spacial score (nSPS) is 23.7. The van der Waals surface area contributed by atoms with Crippen molar-refractivity contribution in [3.05, 3.63) is 0 Å². The van der Waals surface area contributed by atoms with Crippen LogP contribution in [0.1, 0.15) is 26.7 Å². The summed E-state index contributed by atoms with van der Waals surface area (Å²) in [5.41, 5.74) is 0. The Kier molecular flexibility index (Phi) is 3.93. The first-order valence-corrected chi connectivity index (χ1v) is 5.45. The third-order valence-electron chi connectivity index (χ3n) is 2.81. The number of hydrogen-bond acceptors (Lipinski definition) is 2. The first-order chi connectivity index (χ1) is 6.50. The Morgan fingerprint density at radius 3 is 2.57 bits per heavy atom. The predicted molar refractivity (Wildman–Crippen MR) is 58.1 cm³/mol. The SMILES string of the molecule is CC(C)CN1CCC(N(C)C)CC1=O. The van der Waals surface area contributed by atoms with Crippen LogP contribution in [0.15, 0.2) is 0 Å². The lowest BCUT2D eigenvalue weighted by atomic mass is 10.0. The van der Waals surface area contributed by atoms with Crippen LogP contribution >= 0.6 is 0 Å². The van der Waals surface area contributed by atoms with Crippen LogP contribution in [-0.4, -0.2) is 48.9 Å². The molecule has 14 heavy (non-hydrogen) atoms. The van der Waals surface area contributed by atoms with E-state index in [1.807, 2.05) is 4.90 Å². The van der Waals surface area contributed by atoms with Gasteiger partial charge in [0, 0.05) is 25.6 Å². The molecule has 0 aromatic carbocycles. The van der Waals surface area contributed by atoms with E-state index in [1.165, 1.54) is 0 Å². The lowest BCUT2D eigenvalue weighted by Gasteiger charge is -2.35. The first kappa shape index (κ1) is 11.5. The fourth-order valence-electron chi connectivity index (χ4n) is 1.94. The maximum Gasteiger partial charge on any atom is 0.224 e. The summed E-state index contributed by atoms with van der Waals surface area (Å²) < 4.78 is 0. The standard InChI is InChI=1S/C11H22N2O/c1-9(2)8-13-6-5-10(12(3)4)7-11(13)14/h9-10H,5-8H2,1-4H3. The molecule has 1 fully saturated rings. The van der Waals surface area contributed by atoms with Crippen LogP contribution in [0.2, 0.25) is 0 Å². The average molecular weight is 198 g/mol. The first-order valence-electron chi connectivity index (χ1n) is 5.45. The highest BCUT2D eigenvalue weighted by Gasteiger charge is 2.26. The topological polar surface area (TPSA) is 23.6 Å². The largest absolute Gasteiger partial charge is 0.342 e. The van der Waals surface area contributed by atoms with Gasteiger partial charge in [-0.3, -0.25) is 4.79 Å². The van der Waals surface area contributed by atoms with E-state index in [0.717, 1.165) is 19.5 Å². The zero-order valence-electron chi connectivity index (χ0n) is 9.79. The van der Waals surface area contributed by atoms with E-state index >= 15 is 0 Å². The average Bonchev–Trinajstić information content (AvgIpc) is 2.07. The summed E-state index contributed by atoms with van der Waals surface area (Å²) >= 11 is 0. The van der Waals surface area contributed by atoms with Crippen LogP contribution in [0.25, 0.3) is 0 Å². The summed E-state index contributed by atoms with van der Waals surface area (Å²) in [6, 6.07) is 0.450. The molecule has 1 aliphatic rings. The van der Waals surface area contributed by atoms with Gasteiger partial charge in [0.25, 0.3) is 0 Å². The zero-order valence-corrected chi connectivity index (χ0v) is 9.79. The van der Waals surface area contributed by atoms with Gasteiger partial charge in [-0.2, -0.15) is 0 Å². The number of amides is 1. The molecule has 1 aliphatic heterocycles. The highest BCUT2D eigenvalue weighted by atomic mass is 16.2. The molecule has 0 aromatic heterocycles. The van der Waals surface area contributed by atoms with E-state index in [0.29, 0.717) is 24.3 Å². The van der Waals surface area contributed by atoms with Gasteiger partial charge in [-0.15, -0.1) is 0 Å². The quantitative estimate of drug-likeness (QED) is 0.680. The number of hydrogen-bond donors (Lipinski definition) is 0. The van der Waals surface area contributed by atoms with Gasteiger partial charge in [0.05, 0.1) is 0 Å². The van der Waals surface area contributed by atoms with E-state index in [1.54, 1.807) is 0 Å². The van der Waals surface area contributed by atoms with Gasteiger partial charge >= 0.3 is 0 Å². The monoisotopic (exact) mass is 198 g/mol. The Balaban J connectivity index is 2.44. The minimum atomic E-state index is 0.323. The fraction of sp³-hybridized carbons (Fsp3) is 0.909. The summed E-state index contributed by atoms with van der Waals surface area (Å²) in [7, 11) is 4.10. The van der Waals surface area contributed by atoms with Crippen LogP contribution < -0.4 is 0 Å². The molecule has 0 spiro atoms. The number of likely N-dealkylation sites (tertiary alicyclic amines) is 1. The van der Waals surface area contributed by atoms with Crippen LogP contribution in [0, 0.1) is 5.92 Å². The summed E-state index contributed by atoms with van der Waals surface area (Å²) in [6.45, 7) is 6.16. The molecule has 0 bridgehead atoms. The van der Waals surface area contributed by atoms with E-state index < -0.39 is 0 Å². The third-order valence-corrected chi connectivity index (χ3v) is 2.81. The summed E-state index contributed by atoms with van der Waals surface area (Å²) in [5.74, 6) is 0.901. The Labute approximate surface area is 87.1 Å². The maximum absolute atomic E-state index is 11.7. The second-order valence-electron chi connectivity index (χ2n) is 4.84. The smallest absolute Gasteiger partial charge is 0.224 e. The molecule has 0 aliphatic carbocycles. The third kappa shape index (κ3) is 2.98. The zero-order chi connectivity index (χ0) is 10.7. The van der Waals surface area contributed by atoms with Crippen LogP contribution in [-0.2, 0) is 4.79 Å². The second kappa shape index (κ2) is 4.78. The molecular weight excluding hydrogens is 176 g/mol. The molecule has 0 aromatic rings. The van der Waals surface area contributed by atoms with Crippen molar-refractivity contribution in [3.63, 3.8) is 0 Å². The lowest BCUT2D eigenvalue weighted by Crippen LogP contribution is -2.46. The van der Waals surface area contributed by atoms with Gasteiger partial charge in [-0.05, 0) is 26.4 Å². The molecule has 82 valence electrons. The van der Waals surface area contributed by atoms with Crippen molar-refractivity contribution in [1.29, 1.82) is 0 Å². The molecule has 1 unspecified atom stereocenters. The van der Waals surface area contributed by atoms with Crippen molar-refractivity contribution in [2.75, 3.05) is 27.2 Å². The number of rotatable bonds is 3. The van der Waals surface area contributed by atoms with Crippen molar-refractivity contribution in [3.8, 4) is 0 Å². The molecule has 1 atom stereocenters. The lowest BCUT2D eigenvalue weighted by molar-refractivity contribution is -0.135. The Morgan fingerprint density at radius 2 is 2.14 bits per heavy atom. The molecule has 0 saturated carbocycles. The van der Waals surface area contributed by atoms with Gasteiger partial charge in [-0.25, -0.2) is 0 Å². The van der Waals surface area contributed by atoms with Crippen LogP contribution in [0.4, 0.5) is 0 Å². The van der Waals surface area contributed by atoms with E-state index in [4.69, 9.17) is 0 Å². The maximum atomic E-state index is 11.7. The Bertz CT molecular complexity index is 201. The van der Waals surface area contributed by atoms with E-state index in [9.17, 15) is 4.79 Å². The number of carbonyl (C=O) groups is 1. The van der Waals surface area contributed by atoms with Gasteiger partial charge < -0.3 is 9.80 Å². The number of nitrogens with zero attached hydrogens (tertiary/aromatic N) is 2. The molecular formula is C11H22N2O.